The lowest BCUT2D eigenvalue weighted by Crippen LogP contribution is -2.13. The molecule has 0 fully saturated rings. The number of fused-ring (bicyclic) bond motifs is 1. The van der Waals surface area contributed by atoms with Gasteiger partial charge in [-0.05, 0) is 18.4 Å². The summed E-state index contributed by atoms with van der Waals surface area (Å²) in [5.41, 5.74) is 3.66. The van der Waals surface area contributed by atoms with Gasteiger partial charge in [0.15, 0.2) is 0 Å². The summed E-state index contributed by atoms with van der Waals surface area (Å²) in [5, 5.41) is 3.37. The Morgan fingerprint density at radius 2 is 2.42 bits per heavy atom. The van der Waals surface area contributed by atoms with Crippen LogP contribution in [0.15, 0.2) is 19.0 Å². The molecule has 1 aliphatic rings. The lowest BCUT2D eigenvalue weighted by atomic mass is 10.0. The molecule has 0 spiro atoms. The summed E-state index contributed by atoms with van der Waals surface area (Å²) >= 11 is 0. The molecule has 1 N–H and O–H groups in total. The number of hydrogen-bond donors (Lipinski definition) is 1. The third-order valence-electron chi connectivity index (χ3n) is 2.20. The Morgan fingerprint density at radius 1 is 1.50 bits per heavy atom. The molecule has 0 bridgehead atoms. The van der Waals surface area contributed by atoms with Gasteiger partial charge >= 0.3 is 0 Å². The molecule has 2 rings (SSSR count). The third-order valence-corrected chi connectivity index (χ3v) is 2.20. The number of anilines is 1. The molecule has 1 aromatic rings. The second-order valence-electron chi connectivity index (χ2n) is 3.00. The largest absolute Gasteiger partial charge is 0.384 e. The Hall–Kier alpha value is -1.31. The Labute approximate surface area is 72.3 Å². The highest BCUT2D eigenvalue weighted by molar-refractivity contribution is 5.68. The van der Waals surface area contributed by atoms with Crippen molar-refractivity contribution in [2.45, 2.75) is 12.8 Å². The summed E-state index contributed by atoms with van der Waals surface area (Å²) in [5.74, 6) is 0. The van der Waals surface area contributed by atoms with E-state index in [-0.39, 0.29) is 0 Å². The predicted molar refractivity (Wildman–Crippen MR) is 51.1 cm³/mol. The number of rotatable bonds is 1. The molecule has 2 nitrogen and oxygen atoms in total. The van der Waals surface area contributed by atoms with Gasteiger partial charge in [-0.25, -0.2) is 0 Å². The van der Waals surface area contributed by atoms with Crippen molar-refractivity contribution < 1.29 is 0 Å². The van der Waals surface area contributed by atoms with Crippen LogP contribution in [0.2, 0.25) is 0 Å². The highest BCUT2D eigenvalue weighted by Gasteiger charge is 2.10. The quantitative estimate of drug-likeness (QED) is 0.680. The summed E-state index contributed by atoms with van der Waals surface area (Å²) in [6, 6.07) is 0. The molecule has 0 saturated heterocycles. The van der Waals surface area contributed by atoms with Crippen LogP contribution >= 0.6 is 0 Å². The van der Waals surface area contributed by atoms with Gasteiger partial charge in [0, 0.05) is 30.2 Å². The first-order valence-corrected chi connectivity index (χ1v) is 4.25. The monoisotopic (exact) mass is 160 g/mol. The maximum absolute atomic E-state index is 4.16. The van der Waals surface area contributed by atoms with E-state index in [9.17, 15) is 0 Å². The average molecular weight is 160 g/mol. The van der Waals surface area contributed by atoms with Gasteiger partial charge in [-0.2, -0.15) is 0 Å². The second kappa shape index (κ2) is 2.97. The van der Waals surface area contributed by atoms with Crippen LogP contribution in [0.5, 0.6) is 0 Å². The third kappa shape index (κ3) is 1.09. The van der Waals surface area contributed by atoms with Crippen LogP contribution in [0.25, 0.3) is 6.08 Å². The SMILES string of the molecule is C=Cc1cncc2c1NCCC2. The van der Waals surface area contributed by atoms with E-state index in [4.69, 9.17) is 0 Å². The molecule has 2 heteroatoms. The normalized spacial score (nSPS) is 14.7. The minimum absolute atomic E-state index is 1.07. The van der Waals surface area contributed by atoms with Crippen LogP contribution in [0, 0.1) is 0 Å². The van der Waals surface area contributed by atoms with Gasteiger partial charge in [0.2, 0.25) is 0 Å². The smallest absolute Gasteiger partial charge is 0.0477 e. The van der Waals surface area contributed by atoms with Crippen LogP contribution in [-0.2, 0) is 6.42 Å². The van der Waals surface area contributed by atoms with Gasteiger partial charge in [0.25, 0.3) is 0 Å². The van der Waals surface area contributed by atoms with Crippen LogP contribution in [0.1, 0.15) is 17.5 Å². The predicted octanol–water partition coefficient (Wildman–Crippen LogP) is 2.08. The highest BCUT2D eigenvalue weighted by atomic mass is 14.9. The van der Waals surface area contributed by atoms with Crippen molar-refractivity contribution in [2.75, 3.05) is 11.9 Å². The average Bonchev–Trinajstić information content (AvgIpc) is 2.17. The van der Waals surface area contributed by atoms with Gasteiger partial charge in [-0.15, -0.1) is 0 Å². The van der Waals surface area contributed by atoms with Gasteiger partial charge in [-0.3, -0.25) is 4.98 Å². The molecule has 1 aromatic heterocycles. The van der Waals surface area contributed by atoms with Gasteiger partial charge in [0.1, 0.15) is 0 Å². The zero-order valence-electron chi connectivity index (χ0n) is 7.01. The summed E-state index contributed by atoms with van der Waals surface area (Å²) in [7, 11) is 0. The van der Waals surface area contributed by atoms with E-state index in [1.165, 1.54) is 17.7 Å². The van der Waals surface area contributed by atoms with Gasteiger partial charge in [-0.1, -0.05) is 12.7 Å². The van der Waals surface area contributed by atoms with Gasteiger partial charge in [0.05, 0.1) is 0 Å². The van der Waals surface area contributed by atoms with Crippen LogP contribution in [-0.4, -0.2) is 11.5 Å². The first-order valence-electron chi connectivity index (χ1n) is 4.25. The van der Waals surface area contributed by atoms with Crippen molar-refractivity contribution in [3.05, 3.63) is 30.1 Å². The topological polar surface area (TPSA) is 24.9 Å². The number of nitrogens with zero attached hydrogens (tertiary/aromatic N) is 1. The number of pyridine rings is 1. The minimum atomic E-state index is 1.07. The molecule has 2 heterocycles. The standard InChI is InChI=1S/C10H12N2/c1-2-8-6-11-7-9-4-3-5-12-10(8)9/h2,6-7,12H,1,3-5H2. The maximum Gasteiger partial charge on any atom is 0.0477 e. The minimum Gasteiger partial charge on any atom is -0.384 e. The summed E-state index contributed by atoms with van der Waals surface area (Å²) in [6.45, 7) is 4.83. The number of aryl methyl sites for hydroxylation is 1. The molecule has 0 radical (unpaired) electrons. The lowest BCUT2D eigenvalue weighted by molar-refractivity contribution is 0.823. The fourth-order valence-electron chi connectivity index (χ4n) is 1.57. The maximum atomic E-state index is 4.16. The van der Waals surface area contributed by atoms with Gasteiger partial charge < -0.3 is 5.32 Å². The molecule has 12 heavy (non-hydrogen) atoms. The van der Waals surface area contributed by atoms with E-state index in [1.807, 2.05) is 18.5 Å². The highest BCUT2D eigenvalue weighted by Crippen LogP contribution is 2.25. The fourth-order valence-corrected chi connectivity index (χ4v) is 1.57. The zero-order chi connectivity index (χ0) is 8.39. The molecule has 0 unspecified atom stereocenters. The number of hydrogen-bond acceptors (Lipinski definition) is 2. The molecular formula is C10H12N2. The summed E-state index contributed by atoms with van der Waals surface area (Å²) in [6.07, 6.45) is 7.98. The van der Waals surface area contributed by atoms with Crippen molar-refractivity contribution in [2.24, 2.45) is 0 Å². The Balaban J connectivity index is 2.51. The first kappa shape index (κ1) is 7.35. The first-order chi connectivity index (χ1) is 5.92. The zero-order valence-corrected chi connectivity index (χ0v) is 7.01. The van der Waals surface area contributed by atoms with E-state index >= 15 is 0 Å². The molecule has 0 aliphatic carbocycles. The second-order valence-corrected chi connectivity index (χ2v) is 3.00. The van der Waals surface area contributed by atoms with E-state index in [0.717, 1.165) is 18.5 Å². The number of nitrogens with one attached hydrogen (secondary N) is 1. The molecule has 0 amide bonds. The van der Waals surface area contributed by atoms with E-state index < -0.39 is 0 Å². The van der Waals surface area contributed by atoms with Crippen LogP contribution in [0.3, 0.4) is 0 Å². The van der Waals surface area contributed by atoms with Crippen molar-refractivity contribution in [3.63, 3.8) is 0 Å². The Kier molecular flexibility index (Phi) is 1.82. The Bertz CT molecular complexity index is 305. The fraction of sp³-hybridized carbons (Fsp3) is 0.300. The molecule has 62 valence electrons. The van der Waals surface area contributed by atoms with Crippen molar-refractivity contribution in [3.8, 4) is 0 Å². The molecular weight excluding hydrogens is 148 g/mol. The number of aromatic nitrogens is 1. The lowest BCUT2D eigenvalue weighted by Gasteiger charge is -2.18. The molecule has 0 aromatic carbocycles. The van der Waals surface area contributed by atoms with E-state index in [2.05, 4.69) is 16.9 Å². The van der Waals surface area contributed by atoms with Crippen molar-refractivity contribution in [1.82, 2.24) is 4.98 Å². The Morgan fingerprint density at radius 3 is 3.25 bits per heavy atom. The molecule has 1 aliphatic heterocycles. The van der Waals surface area contributed by atoms with Crippen LogP contribution in [0.4, 0.5) is 5.69 Å². The van der Waals surface area contributed by atoms with Crippen molar-refractivity contribution in [1.29, 1.82) is 0 Å². The van der Waals surface area contributed by atoms with Crippen molar-refractivity contribution >= 4 is 11.8 Å². The van der Waals surface area contributed by atoms with Crippen LogP contribution < -0.4 is 5.32 Å². The molecule has 0 saturated carbocycles. The molecule has 0 atom stereocenters. The summed E-state index contributed by atoms with van der Waals surface area (Å²) in [4.78, 5) is 4.16. The summed E-state index contributed by atoms with van der Waals surface area (Å²) < 4.78 is 0. The van der Waals surface area contributed by atoms with E-state index in [0.29, 0.717) is 0 Å². The van der Waals surface area contributed by atoms with E-state index in [1.54, 1.807) is 0 Å².